The van der Waals surface area contributed by atoms with Gasteiger partial charge >= 0.3 is 0 Å². The van der Waals surface area contributed by atoms with Crippen molar-refractivity contribution in [3.8, 4) is 5.75 Å². The van der Waals surface area contributed by atoms with Gasteiger partial charge in [0, 0.05) is 31.0 Å². The lowest BCUT2D eigenvalue weighted by molar-refractivity contribution is -0.00681. The van der Waals surface area contributed by atoms with Crippen LogP contribution in [0.5, 0.6) is 5.75 Å². The third-order valence-corrected chi connectivity index (χ3v) is 5.03. The zero-order valence-electron chi connectivity index (χ0n) is 14.9. The molecule has 1 fully saturated rings. The molecule has 2 aromatic rings. The second kappa shape index (κ2) is 7.87. The van der Waals surface area contributed by atoms with Gasteiger partial charge in [0.2, 0.25) is 0 Å². The van der Waals surface area contributed by atoms with Crippen molar-refractivity contribution in [2.24, 2.45) is 0 Å². The molecular formula is C21H24N2O3. The minimum atomic E-state index is 0.0777. The molecule has 5 nitrogen and oxygen atoms in total. The number of amides is 1. The Morgan fingerprint density at radius 2 is 2.27 bits per heavy atom. The summed E-state index contributed by atoms with van der Waals surface area (Å²) in [6, 6.07) is 9.73. The van der Waals surface area contributed by atoms with Gasteiger partial charge in [-0.05, 0) is 61.1 Å². The van der Waals surface area contributed by atoms with Gasteiger partial charge in [0.1, 0.15) is 5.75 Å². The van der Waals surface area contributed by atoms with Gasteiger partial charge in [-0.3, -0.25) is 9.78 Å². The molecule has 0 bridgehead atoms. The Morgan fingerprint density at radius 3 is 3.15 bits per heavy atom. The van der Waals surface area contributed by atoms with Crippen LogP contribution in [0.4, 0.5) is 0 Å². The molecule has 3 heterocycles. The molecule has 1 unspecified atom stereocenters. The van der Waals surface area contributed by atoms with Crippen molar-refractivity contribution in [1.29, 1.82) is 0 Å². The van der Waals surface area contributed by atoms with Crippen LogP contribution >= 0.6 is 0 Å². The van der Waals surface area contributed by atoms with Crippen LogP contribution in [0.3, 0.4) is 0 Å². The molecule has 0 spiro atoms. The van der Waals surface area contributed by atoms with Crippen molar-refractivity contribution in [3.63, 3.8) is 0 Å². The zero-order valence-corrected chi connectivity index (χ0v) is 14.9. The first-order chi connectivity index (χ1) is 12.8. The number of nitrogens with zero attached hydrogens (tertiary/aromatic N) is 2. The molecule has 0 radical (unpaired) electrons. The molecule has 2 aliphatic heterocycles. The summed E-state index contributed by atoms with van der Waals surface area (Å²) >= 11 is 0. The van der Waals surface area contributed by atoms with Gasteiger partial charge in [-0.2, -0.15) is 0 Å². The maximum Gasteiger partial charge on any atom is 0.253 e. The highest BCUT2D eigenvalue weighted by Crippen LogP contribution is 2.26. The van der Waals surface area contributed by atoms with Crippen LogP contribution < -0.4 is 4.74 Å². The van der Waals surface area contributed by atoms with E-state index in [-0.39, 0.29) is 12.0 Å². The number of pyridine rings is 1. The molecule has 4 rings (SSSR count). The first-order valence-corrected chi connectivity index (χ1v) is 9.35. The van der Waals surface area contributed by atoms with Gasteiger partial charge in [0.15, 0.2) is 0 Å². The third kappa shape index (κ3) is 3.88. The van der Waals surface area contributed by atoms with Gasteiger partial charge in [-0.1, -0.05) is 6.07 Å². The van der Waals surface area contributed by atoms with E-state index in [0.717, 1.165) is 61.3 Å². The van der Waals surface area contributed by atoms with Crippen LogP contribution in [0.25, 0.3) is 0 Å². The lowest BCUT2D eigenvalue weighted by atomic mass is 10.0. The van der Waals surface area contributed by atoms with Crippen molar-refractivity contribution in [2.75, 3.05) is 19.7 Å². The fourth-order valence-corrected chi connectivity index (χ4v) is 3.63. The van der Waals surface area contributed by atoms with Crippen molar-refractivity contribution in [1.82, 2.24) is 9.88 Å². The predicted octanol–water partition coefficient (Wildman–Crippen LogP) is 3.23. The first kappa shape index (κ1) is 17.0. The van der Waals surface area contributed by atoms with Crippen LogP contribution in [-0.4, -0.2) is 41.6 Å². The Labute approximate surface area is 153 Å². The monoisotopic (exact) mass is 352 g/mol. The van der Waals surface area contributed by atoms with E-state index in [4.69, 9.17) is 9.47 Å². The van der Waals surface area contributed by atoms with Gasteiger partial charge < -0.3 is 14.4 Å². The number of hydrogen-bond donors (Lipinski definition) is 0. The Balaban J connectivity index is 1.38. The van der Waals surface area contributed by atoms with E-state index in [1.165, 1.54) is 0 Å². The summed E-state index contributed by atoms with van der Waals surface area (Å²) in [5.41, 5.74) is 2.95. The normalized spacial score (nSPS) is 19.5. The van der Waals surface area contributed by atoms with Gasteiger partial charge in [-0.15, -0.1) is 0 Å². The Hall–Kier alpha value is -2.40. The molecule has 2 aliphatic rings. The number of benzene rings is 1. The average Bonchev–Trinajstić information content (AvgIpc) is 2.72. The number of carbonyl (C=O) groups is 1. The lowest BCUT2D eigenvalue weighted by Crippen LogP contribution is -2.43. The number of piperidine rings is 1. The maximum atomic E-state index is 12.9. The molecule has 1 aromatic heterocycles. The lowest BCUT2D eigenvalue weighted by Gasteiger charge is -2.33. The van der Waals surface area contributed by atoms with Crippen molar-refractivity contribution >= 4 is 5.91 Å². The highest BCUT2D eigenvalue weighted by atomic mass is 16.5. The summed E-state index contributed by atoms with van der Waals surface area (Å²) in [4.78, 5) is 19.0. The predicted molar refractivity (Wildman–Crippen MR) is 98.2 cm³/mol. The molecule has 1 saturated heterocycles. The fourth-order valence-electron chi connectivity index (χ4n) is 3.63. The Morgan fingerprint density at radius 1 is 1.31 bits per heavy atom. The molecule has 0 N–H and O–H groups in total. The number of rotatable bonds is 4. The summed E-state index contributed by atoms with van der Waals surface area (Å²) in [5, 5.41) is 0. The second-order valence-corrected chi connectivity index (χ2v) is 6.96. The largest absolute Gasteiger partial charge is 0.493 e. The minimum absolute atomic E-state index is 0.0777. The van der Waals surface area contributed by atoms with Gasteiger partial charge in [0.25, 0.3) is 5.91 Å². The van der Waals surface area contributed by atoms with E-state index in [1.54, 1.807) is 6.20 Å². The number of hydrogen-bond acceptors (Lipinski definition) is 4. The molecule has 1 atom stereocenters. The highest BCUT2D eigenvalue weighted by Gasteiger charge is 2.25. The summed E-state index contributed by atoms with van der Waals surface area (Å²) < 4.78 is 11.7. The quantitative estimate of drug-likeness (QED) is 0.848. The molecule has 136 valence electrons. The number of likely N-dealkylation sites (tertiary alicyclic amines) is 1. The van der Waals surface area contributed by atoms with Crippen LogP contribution in [-0.2, 0) is 17.8 Å². The summed E-state index contributed by atoms with van der Waals surface area (Å²) in [7, 11) is 0. The smallest absolute Gasteiger partial charge is 0.253 e. The summed E-state index contributed by atoms with van der Waals surface area (Å²) in [5.74, 6) is 1.01. The number of ether oxygens (including phenoxy) is 2. The Bertz CT molecular complexity index is 763. The van der Waals surface area contributed by atoms with E-state index >= 15 is 0 Å². The zero-order chi connectivity index (χ0) is 17.8. The van der Waals surface area contributed by atoms with Crippen molar-refractivity contribution in [3.05, 3.63) is 59.4 Å². The second-order valence-electron chi connectivity index (χ2n) is 6.96. The molecular weight excluding hydrogens is 328 g/mol. The number of fused-ring (bicyclic) bond motifs is 1. The van der Waals surface area contributed by atoms with Crippen LogP contribution in [0, 0.1) is 0 Å². The number of aromatic nitrogens is 1. The standard InChI is InChI=1S/C21H24N2O3/c24-21(18-7-8-20-17(12-18)5-3-11-25-20)23-10-2-6-19(14-23)26-15-16-4-1-9-22-13-16/h1,4,7-9,12-13,19H,2-3,5-6,10-11,14-15H2. The molecule has 5 heteroatoms. The molecule has 26 heavy (non-hydrogen) atoms. The van der Waals surface area contributed by atoms with E-state index in [0.29, 0.717) is 13.2 Å². The van der Waals surface area contributed by atoms with Crippen LogP contribution in [0.15, 0.2) is 42.7 Å². The molecule has 1 aromatic carbocycles. The SMILES string of the molecule is O=C(c1ccc2c(c1)CCCO2)N1CCCC(OCc2cccnc2)C1. The summed E-state index contributed by atoms with van der Waals surface area (Å²) in [6.45, 7) is 2.74. The van der Waals surface area contributed by atoms with E-state index in [2.05, 4.69) is 4.98 Å². The van der Waals surface area contributed by atoms with Gasteiger partial charge in [0.05, 0.1) is 19.3 Å². The fraction of sp³-hybridized carbons (Fsp3) is 0.429. The first-order valence-electron chi connectivity index (χ1n) is 9.35. The molecule has 0 aliphatic carbocycles. The number of aryl methyl sites for hydroxylation is 1. The van der Waals surface area contributed by atoms with Crippen molar-refractivity contribution < 1.29 is 14.3 Å². The van der Waals surface area contributed by atoms with Gasteiger partial charge in [-0.25, -0.2) is 0 Å². The topological polar surface area (TPSA) is 51.7 Å². The Kier molecular flexibility index (Phi) is 5.16. The van der Waals surface area contributed by atoms with Crippen molar-refractivity contribution in [2.45, 2.75) is 38.4 Å². The maximum absolute atomic E-state index is 12.9. The molecule has 0 saturated carbocycles. The van der Waals surface area contributed by atoms with Crippen LogP contribution in [0.2, 0.25) is 0 Å². The highest BCUT2D eigenvalue weighted by molar-refractivity contribution is 5.94. The van der Waals surface area contributed by atoms with E-state index in [9.17, 15) is 4.79 Å². The minimum Gasteiger partial charge on any atom is -0.493 e. The summed E-state index contributed by atoms with van der Waals surface area (Å²) in [6.07, 6.45) is 7.61. The van der Waals surface area contributed by atoms with E-state index < -0.39 is 0 Å². The average molecular weight is 352 g/mol. The molecule has 1 amide bonds. The third-order valence-electron chi connectivity index (χ3n) is 5.03. The number of carbonyl (C=O) groups excluding carboxylic acids is 1. The van der Waals surface area contributed by atoms with Crippen LogP contribution in [0.1, 0.15) is 40.7 Å². The van der Waals surface area contributed by atoms with E-state index in [1.807, 2.05) is 41.4 Å².